The summed E-state index contributed by atoms with van der Waals surface area (Å²) in [5.41, 5.74) is 1.87. The first-order valence-electron chi connectivity index (χ1n) is 10.8. The largest absolute Gasteiger partial charge is 0.390 e. The minimum atomic E-state index is -4.41. The van der Waals surface area contributed by atoms with Crippen molar-refractivity contribution in [3.8, 4) is 11.8 Å². The molecule has 0 aromatic heterocycles. The van der Waals surface area contributed by atoms with Crippen molar-refractivity contribution in [3.05, 3.63) is 34.9 Å². The summed E-state index contributed by atoms with van der Waals surface area (Å²) >= 11 is 0. The fourth-order valence-electron chi connectivity index (χ4n) is 3.39. The summed E-state index contributed by atoms with van der Waals surface area (Å²) in [6, 6.07) is 5.31. The fraction of sp³-hybridized carbons (Fsp3) is 0.583. The summed E-state index contributed by atoms with van der Waals surface area (Å²) in [5, 5.41) is 3.66. The Hall–Kier alpha value is -2.37. The van der Waals surface area contributed by atoms with E-state index in [1.807, 2.05) is 19.9 Å². The third kappa shape index (κ3) is 7.35. The first kappa shape index (κ1) is 24.3. The lowest BCUT2D eigenvalue weighted by molar-refractivity contribution is -0.215. The minimum Gasteiger partial charge on any atom is -0.350 e. The summed E-state index contributed by atoms with van der Waals surface area (Å²) in [7, 11) is 0. The molecule has 32 heavy (non-hydrogen) atoms. The molecular weight excluding hydrogens is 419 g/mol. The van der Waals surface area contributed by atoms with Gasteiger partial charge in [-0.25, -0.2) is 0 Å². The number of nitrogens with two attached hydrogens (primary N) is 1. The molecule has 2 fully saturated rings. The van der Waals surface area contributed by atoms with Crippen molar-refractivity contribution in [2.75, 3.05) is 19.8 Å². The van der Waals surface area contributed by atoms with Crippen molar-refractivity contribution in [2.24, 2.45) is 27.3 Å². The molecule has 0 radical (unpaired) electrons. The SMILES string of the molecule is Cc1ccc(C#CC2CC2)cc1C(CC(F)(F)F)/C(C=NCC1OCC(C)(C)CO1)=N/N. The molecule has 174 valence electrons. The van der Waals surface area contributed by atoms with E-state index >= 15 is 0 Å². The third-order valence-electron chi connectivity index (χ3n) is 5.39. The van der Waals surface area contributed by atoms with Crippen LogP contribution >= 0.6 is 0 Å². The summed E-state index contributed by atoms with van der Waals surface area (Å²) in [5.74, 6) is 11.0. The van der Waals surface area contributed by atoms with Crippen LogP contribution in [0, 0.1) is 30.1 Å². The van der Waals surface area contributed by atoms with Gasteiger partial charge >= 0.3 is 6.18 Å². The zero-order valence-corrected chi connectivity index (χ0v) is 18.7. The number of hydrazone groups is 1. The topological polar surface area (TPSA) is 69.2 Å². The van der Waals surface area contributed by atoms with E-state index in [2.05, 4.69) is 21.9 Å². The normalized spacial score (nSPS) is 20.8. The Kier molecular flexibility index (Phi) is 7.63. The number of hydrogen-bond donors (Lipinski definition) is 1. The summed E-state index contributed by atoms with van der Waals surface area (Å²) < 4.78 is 51.6. The smallest absolute Gasteiger partial charge is 0.350 e. The van der Waals surface area contributed by atoms with Gasteiger partial charge in [0.05, 0.1) is 31.9 Å². The van der Waals surface area contributed by atoms with Crippen molar-refractivity contribution >= 4 is 11.9 Å². The van der Waals surface area contributed by atoms with Crippen molar-refractivity contribution < 1.29 is 22.6 Å². The van der Waals surface area contributed by atoms with Crippen molar-refractivity contribution in [3.63, 3.8) is 0 Å². The highest BCUT2D eigenvalue weighted by Crippen LogP contribution is 2.34. The maximum Gasteiger partial charge on any atom is 0.390 e. The number of halogens is 3. The predicted molar refractivity (Wildman–Crippen MR) is 119 cm³/mol. The maximum atomic E-state index is 13.5. The Morgan fingerprint density at radius 3 is 2.56 bits per heavy atom. The molecule has 1 saturated heterocycles. The molecule has 3 rings (SSSR count). The minimum absolute atomic E-state index is 0.0499. The lowest BCUT2D eigenvalue weighted by Crippen LogP contribution is -2.39. The van der Waals surface area contributed by atoms with Crippen LogP contribution in [0.5, 0.6) is 0 Å². The van der Waals surface area contributed by atoms with Gasteiger partial charge in [0.2, 0.25) is 0 Å². The van der Waals surface area contributed by atoms with Crippen molar-refractivity contribution in [2.45, 2.75) is 58.4 Å². The van der Waals surface area contributed by atoms with Gasteiger partial charge in [0.15, 0.2) is 6.29 Å². The van der Waals surface area contributed by atoms with E-state index < -0.39 is 24.8 Å². The molecule has 0 bridgehead atoms. The lowest BCUT2D eigenvalue weighted by Gasteiger charge is -2.33. The molecule has 1 aliphatic carbocycles. The standard InChI is InChI=1S/C24H30F3N3O2/c1-16-4-5-18(9-8-17-6-7-17)10-19(16)20(11-24(25,26)27)21(30-28)12-29-13-22-31-14-23(2,3)15-32-22/h4-5,10,12,17,20,22H,6-7,11,13-15,28H2,1-3H3/b29-12?,30-21+. The van der Waals surface area contributed by atoms with Crippen LogP contribution in [0.1, 0.15) is 55.7 Å². The van der Waals surface area contributed by atoms with E-state index in [-0.39, 0.29) is 17.7 Å². The van der Waals surface area contributed by atoms with Gasteiger partial charge in [-0.2, -0.15) is 18.3 Å². The number of aliphatic imine (C=N–C) groups is 1. The summed E-state index contributed by atoms with van der Waals surface area (Å²) in [4.78, 5) is 4.23. The van der Waals surface area contributed by atoms with Crippen LogP contribution in [-0.2, 0) is 9.47 Å². The van der Waals surface area contributed by atoms with Gasteiger partial charge in [-0.15, -0.1) is 0 Å². The van der Waals surface area contributed by atoms with E-state index in [1.54, 1.807) is 19.1 Å². The van der Waals surface area contributed by atoms with Gasteiger partial charge in [-0.1, -0.05) is 31.8 Å². The molecule has 1 aliphatic heterocycles. The molecule has 1 heterocycles. The lowest BCUT2D eigenvalue weighted by atomic mass is 9.87. The zero-order chi connectivity index (χ0) is 23.4. The molecule has 1 saturated carbocycles. The van der Waals surface area contributed by atoms with Crippen LogP contribution in [0.3, 0.4) is 0 Å². The molecule has 1 aromatic carbocycles. The highest BCUT2D eigenvalue weighted by Gasteiger charge is 2.35. The number of ether oxygens (including phenoxy) is 2. The van der Waals surface area contributed by atoms with Gasteiger partial charge in [0.25, 0.3) is 0 Å². The summed E-state index contributed by atoms with van der Waals surface area (Å²) in [6.07, 6.45) is -2.59. The van der Waals surface area contributed by atoms with Gasteiger partial charge in [-0.3, -0.25) is 4.99 Å². The van der Waals surface area contributed by atoms with E-state index in [0.717, 1.165) is 12.8 Å². The molecule has 0 amide bonds. The first-order chi connectivity index (χ1) is 15.1. The zero-order valence-electron chi connectivity index (χ0n) is 18.7. The van der Waals surface area contributed by atoms with Gasteiger partial charge in [0, 0.05) is 29.0 Å². The van der Waals surface area contributed by atoms with E-state index in [0.29, 0.717) is 35.8 Å². The number of aryl methyl sites for hydroxylation is 1. The Bertz CT molecular complexity index is 915. The van der Waals surface area contributed by atoms with E-state index in [4.69, 9.17) is 15.3 Å². The average Bonchev–Trinajstić information content (AvgIpc) is 3.54. The highest BCUT2D eigenvalue weighted by atomic mass is 19.4. The second-order valence-electron chi connectivity index (χ2n) is 9.25. The van der Waals surface area contributed by atoms with Gasteiger partial charge in [-0.05, 0) is 43.0 Å². The molecule has 0 spiro atoms. The van der Waals surface area contributed by atoms with Gasteiger partial charge in [0.1, 0.15) is 0 Å². The molecule has 8 heteroatoms. The second kappa shape index (κ2) is 10.1. The van der Waals surface area contributed by atoms with Crippen LogP contribution in [0.15, 0.2) is 28.3 Å². The Morgan fingerprint density at radius 2 is 1.97 bits per heavy atom. The van der Waals surface area contributed by atoms with Gasteiger partial charge < -0.3 is 15.3 Å². The molecule has 2 aliphatic rings. The molecule has 1 atom stereocenters. The quantitative estimate of drug-likeness (QED) is 0.299. The predicted octanol–water partition coefficient (Wildman–Crippen LogP) is 4.58. The number of hydrogen-bond acceptors (Lipinski definition) is 5. The molecule has 1 unspecified atom stereocenters. The molecule has 5 nitrogen and oxygen atoms in total. The number of rotatable bonds is 6. The highest BCUT2D eigenvalue weighted by molar-refractivity contribution is 6.33. The fourth-order valence-corrected chi connectivity index (χ4v) is 3.39. The number of benzene rings is 1. The number of alkyl halides is 3. The van der Waals surface area contributed by atoms with Crippen LogP contribution in [0.2, 0.25) is 0 Å². The Labute approximate surface area is 187 Å². The third-order valence-corrected chi connectivity index (χ3v) is 5.39. The van der Waals surface area contributed by atoms with Crippen LogP contribution in [0.25, 0.3) is 0 Å². The van der Waals surface area contributed by atoms with Crippen LogP contribution < -0.4 is 5.84 Å². The van der Waals surface area contributed by atoms with Crippen molar-refractivity contribution in [1.29, 1.82) is 0 Å². The second-order valence-corrected chi connectivity index (χ2v) is 9.25. The Balaban J connectivity index is 1.79. The maximum absolute atomic E-state index is 13.5. The summed E-state index contributed by atoms with van der Waals surface area (Å²) in [6.45, 7) is 7.02. The van der Waals surface area contributed by atoms with Crippen molar-refractivity contribution in [1.82, 2.24) is 0 Å². The van der Waals surface area contributed by atoms with E-state index in [9.17, 15) is 13.2 Å². The molecule has 2 N–H and O–H groups in total. The Morgan fingerprint density at radius 1 is 1.28 bits per heavy atom. The molecule has 1 aromatic rings. The average molecular weight is 450 g/mol. The molecular formula is C24H30F3N3O2. The monoisotopic (exact) mass is 449 g/mol. The van der Waals surface area contributed by atoms with Crippen LogP contribution in [0.4, 0.5) is 13.2 Å². The van der Waals surface area contributed by atoms with Crippen LogP contribution in [-0.4, -0.2) is 44.2 Å². The first-order valence-corrected chi connectivity index (χ1v) is 10.8. The van der Waals surface area contributed by atoms with E-state index in [1.165, 1.54) is 6.21 Å². The number of nitrogens with zero attached hydrogens (tertiary/aromatic N) is 2.